The zero-order valence-electron chi connectivity index (χ0n) is 19.3. The Morgan fingerprint density at radius 1 is 1.27 bits per heavy atom. The molecular weight excluding hydrogens is 425 g/mol. The number of aromatic nitrogens is 1. The SMILES string of the molecule is O=C(O)C(CCN(CCCCc1ccc2c(n1)NCCC2)C1CC1)NC(=O)N1CCC(F)C1. The van der Waals surface area contributed by atoms with Gasteiger partial charge in [-0.15, -0.1) is 0 Å². The number of amides is 2. The molecule has 3 N–H and O–H groups in total. The Morgan fingerprint density at radius 3 is 2.85 bits per heavy atom. The predicted molar refractivity (Wildman–Crippen MR) is 124 cm³/mol. The van der Waals surface area contributed by atoms with E-state index < -0.39 is 24.2 Å². The summed E-state index contributed by atoms with van der Waals surface area (Å²) in [5.41, 5.74) is 2.42. The Bertz CT molecular complexity index is 834. The van der Waals surface area contributed by atoms with E-state index in [9.17, 15) is 19.1 Å². The van der Waals surface area contributed by atoms with Crippen LogP contribution in [0.1, 0.15) is 56.2 Å². The molecule has 4 rings (SSSR count). The van der Waals surface area contributed by atoms with Gasteiger partial charge in [0.2, 0.25) is 0 Å². The molecule has 1 aromatic heterocycles. The lowest BCUT2D eigenvalue weighted by atomic mass is 10.1. The number of carbonyl (C=O) groups is 2. The van der Waals surface area contributed by atoms with Crippen LogP contribution in [-0.2, 0) is 17.6 Å². The lowest BCUT2D eigenvalue weighted by Gasteiger charge is -2.25. The first kappa shape index (κ1) is 23.7. The number of carboxylic acid groups (broad SMARTS) is 1. The number of anilines is 1. The first-order chi connectivity index (χ1) is 16.0. The second-order valence-corrected chi connectivity index (χ2v) is 9.53. The lowest BCUT2D eigenvalue weighted by Crippen LogP contribution is -2.48. The van der Waals surface area contributed by atoms with E-state index in [2.05, 4.69) is 27.7 Å². The maximum Gasteiger partial charge on any atom is 0.326 e. The van der Waals surface area contributed by atoms with Gasteiger partial charge in [0.05, 0.1) is 6.54 Å². The van der Waals surface area contributed by atoms with Crippen molar-refractivity contribution in [3.8, 4) is 0 Å². The number of carbonyl (C=O) groups excluding carboxylic acids is 1. The predicted octanol–water partition coefficient (Wildman–Crippen LogP) is 2.82. The van der Waals surface area contributed by atoms with Crippen LogP contribution in [0.25, 0.3) is 0 Å². The number of likely N-dealkylation sites (tertiary alicyclic amines) is 1. The number of nitrogens with one attached hydrogen (secondary N) is 2. The van der Waals surface area contributed by atoms with Crippen molar-refractivity contribution >= 4 is 17.8 Å². The van der Waals surface area contributed by atoms with Crippen LogP contribution in [0, 0.1) is 0 Å². The molecule has 2 fully saturated rings. The van der Waals surface area contributed by atoms with Crippen LogP contribution < -0.4 is 10.6 Å². The van der Waals surface area contributed by atoms with E-state index in [4.69, 9.17) is 4.98 Å². The number of halogens is 1. The number of rotatable bonds is 11. The maximum atomic E-state index is 13.4. The summed E-state index contributed by atoms with van der Waals surface area (Å²) < 4.78 is 13.4. The molecule has 3 aliphatic rings. The van der Waals surface area contributed by atoms with Gasteiger partial charge in [0.25, 0.3) is 0 Å². The van der Waals surface area contributed by atoms with Gasteiger partial charge >= 0.3 is 12.0 Å². The molecular formula is C24H36FN5O3. The molecule has 0 radical (unpaired) electrons. The van der Waals surface area contributed by atoms with Gasteiger partial charge in [-0.25, -0.2) is 19.0 Å². The third-order valence-electron chi connectivity index (χ3n) is 6.86. The highest BCUT2D eigenvalue weighted by Gasteiger charge is 2.32. The van der Waals surface area contributed by atoms with Crippen molar-refractivity contribution < 1.29 is 19.1 Å². The second-order valence-electron chi connectivity index (χ2n) is 9.53. The topological polar surface area (TPSA) is 97.8 Å². The number of urea groups is 1. The number of unbranched alkanes of at least 4 members (excludes halogenated alkanes) is 1. The van der Waals surface area contributed by atoms with Gasteiger partial charge in [0.1, 0.15) is 18.0 Å². The number of hydrogen-bond donors (Lipinski definition) is 3. The molecule has 3 heterocycles. The van der Waals surface area contributed by atoms with E-state index in [0.29, 0.717) is 32.0 Å². The molecule has 2 unspecified atom stereocenters. The summed E-state index contributed by atoms with van der Waals surface area (Å²) in [6.45, 7) is 2.93. The molecule has 0 aromatic carbocycles. The molecule has 1 saturated heterocycles. The van der Waals surface area contributed by atoms with E-state index in [1.807, 2.05) is 0 Å². The Kier molecular flexibility index (Phi) is 8.01. The van der Waals surface area contributed by atoms with Crippen LogP contribution in [-0.4, -0.2) is 82.9 Å². The average molecular weight is 462 g/mol. The fraction of sp³-hybridized carbons (Fsp3) is 0.708. The van der Waals surface area contributed by atoms with Gasteiger partial charge in [-0.2, -0.15) is 0 Å². The first-order valence-electron chi connectivity index (χ1n) is 12.4. The zero-order valence-corrected chi connectivity index (χ0v) is 19.3. The Balaban J connectivity index is 1.20. The fourth-order valence-electron chi connectivity index (χ4n) is 4.74. The number of carboxylic acids is 1. The number of hydrogen-bond acceptors (Lipinski definition) is 5. The Labute approximate surface area is 194 Å². The first-order valence-corrected chi connectivity index (χ1v) is 12.4. The zero-order chi connectivity index (χ0) is 23.2. The molecule has 33 heavy (non-hydrogen) atoms. The fourth-order valence-corrected chi connectivity index (χ4v) is 4.74. The molecule has 1 saturated carbocycles. The minimum absolute atomic E-state index is 0.0432. The highest BCUT2D eigenvalue weighted by atomic mass is 19.1. The van der Waals surface area contributed by atoms with Gasteiger partial charge in [-0.3, -0.25) is 0 Å². The summed E-state index contributed by atoms with van der Waals surface area (Å²) in [6.07, 6.45) is 7.20. The number of nitrogens with zero attached hydrogens (tertiary/aromatic N) is 3. The molecule has 1 aliphatic carbocycles. The van der Waals surface area contributed by atoms with E-state index >= 15 is 0 Å². The molecule has 182 valence electrons. The third kappa shape index (κ3) is 6.79. The minimum atomic E-state index is -1.04. The van der Waals surface area contributed by atoms with Crippen molar-refractivity contribution in [3.63, 3.8) is 0 Å². The highest BCUT2D eigenvalue weighted by Crippen LogP contribution is 2.27. The summed E-state index contributed by atoms with van der Waals surface area (Å²) in [5.74, 6) is -0.00160. The largest absolute Gasteiger partial charge is 0.480 e. The summed E-state index contributed by atoms with van der Waals surface area (Å²) in [4.78, 5) is 32.5. The standard InChI is InChI=1S/C24H36FN5O3/c25-18-10-14-30(16-18)24(33)28-21(23(31)32)11-15-29(20-8-9-20)13-2-1-5-19-7-6-17-4-3-12-26-22(17)27-19/h6-7,18,20-21H,1-5,8-16H2,(H,26,27)(H,28,33)(H,31,32). The number of aryl methyl sites for hydroxylation is 2. The van der Waals surface area contributed by atoms with E-state index in [1.54, 1.807) is 0 Å². The summed E-state index contributed by atoms with van der Waals surface area (Å²) in [6, 6.07) is 3.41. The van der Waals surface area contributed by atoms with Crippen LogP contribution in [0.4, 0.5) is 15.0 Å². The quantitative estimate of drug-likeness (QED) is 0.439. The maximum absolute atomic E-state index is 13.4. The normalized spacial score (nSPS) is 20.9. The highest BCUT2D eigenvalue weighted by molar-refractivity contribution is 5.82. The van der Waals surface area contributed by atoms with Crippen molar-refractivity contribution in [3.05, 3.63) is 23.4 Å². The molecule has 2 aliphatic heterocycles. The summed E-state index contributed by atoms with van der Waals surface area (Å²) in [5, 5.41) is 15.5. The van der Waals surface area contributed by atoms with Crippen LogP contribution >= 0.6 is 0 Å². The van der Waals surface area contributed by atoms with Gasteiger partial charge in [-0.05, 0) is 76.0 Å². The lowest BCUT2D eigenvalue weighted by molar-refractivity contribution is -0.139. The van der Waals surface area contributed by atoms with Crippen LogP contribution in [0.5, 0.6) is 0 Å². The molecule has 8 nitrogen and oxygen atoms in total. The number of alkyl halides is 1. The van der Waals surface area contributed by atoms with Gasteiger partial charge in [0.15, 0.2) is 0 Å². The van der Waals surface area contributed by atoms with Crippen molar-refractivity contribution in [2.24, 2.45) is 0 Å². The number of fused-ring (bicyclic) bond motifs is 1. The van der Waals surface area contributed by atoms with Crippen molar-refractivity contribution in [2.75, 3.05) is 38.0 Å². The van der Waals surface area contributed by atoms with Gasteiger partial charge < -0.3 is 25.5 Å². The van der Waals surface area contributed by atoms with E-state index in [0.717, 1.165) is 69.5 Å². The molecule has 0 spiro atoms. The molecule has 2 amide bonds. The van der Waals surface area contributed by atoms with E-state index in [-0.39, 0.29) is 6.54 Å². The third-order valence-corrected chi connectivity index (χ3v) is 6.86. The van der Waals surface area contributed by atoms with Crippen molar-refractivity contribution in [1.29, 1.82) is 0 Å². The van der Waals surface area contributed by atoms with Gasteiger partial charge in [0, 0.05) is 31.4 Å². The summed E-state index contributed by atoms with van der Waals surface area (Å²) >= 11 is 0. The molecule has 1 aromatic rings. The Morgan fingerprint density at radius 2 is 2.12 bits per heavy atom. The van der Waals surface area contributed by atoms with E-state index in [1.165, 1.54) is 10.5 Å². The van der Waals surface area contributed by atoms with Gasteiger partial charge in [-0.1, -0.05) is 6.07 Å². The minimum Gasteiger partial charge on any atom is -0.480 e. The summed E-state index contributed by atoms with van der Waals surface area (Å²) in [7, 11) is 0. The van der Waals surface area contributed by atoms with Crippen LogP contribution in [0.3, 0.4) is 0 Å². The Hall–Kier alpha value is -2.42. The number of pyridine rings is 1. The monoisotopic (exact) mass is 461 g/mol. The average Bonchev–Trinajstić information content (AvgIpc) is 3.56. The van der Waals surface area contributed by atoms with Crippen LogP contribution in [0.2, 0.25) is 0 Å². The molecule has 0 bridgehead atoms. The van der Waals surface area contributed by atoms with Crippen molar-refractivity contribution in [1.82, 2.24) is 20.1 Å². The van der Waals surface area contributed by atoms with Crippen molar-refractivity contribution in [2.45, 2.75) is 76.0 Å². The molecule has 9 heteroatoms. The molecule has 2 atom stereocenters. The number of aliphatic carboxylic acids is 1. The smallest absolute Gasteiger partial charge is 0.326 e. The second kappa shape index (κ2) is 11.1. The van der Waals surface area contributed by atoms with Crippen LogP contribution in [0.15, 0.2) is 12.1 Å².